The van der Waals surface area contributed by atoms with Crippen LogP contribution in [0.1, 0.15) is 44.6 Å². The van der Waals surface area contributed by atoms with Gasteiger partial charge < -0.3 is 24.9 Å². The third-order valence-corrected chi connectivity index (χ3v) is 5.83. The summed E-state index contributed by atoms with van der Waals surface area (Å²) < 4.78 is 5.84. The molecule has 9 heteroatoms. The fourth-order valence-electron chi connectivity index (χ4n) is 3.96. The predicted octanol–water partition coefficient (Wildman–Crippen LogP) is 3.64. The van der Waals surface area contributed by atoms with Gasteiger partial charge in [-0.3, -0.25) is 9.59 Å². The normalized spacial score (nSPS) is 14.2. The SMILES string of the molecule is Cc1oc(-c2cccc(NC(=O)CC(C)C)c2)nc1CNC(=O)C1CCN(C(=O)N(C)C)CC1. The maximum Gasteiger partial charge on any atom is 0.319 e. The first-order valence-corrected chi connectivity index (χ1v) is 11.7. The molecule has 0 aliphatic carbocycles. The smallest absolute Gasteiger partial charge is 0.319 e. The molecule has 0 bridgehead atoms. The van der Waals surface area contributed by atoms with E-state index in [0.29, 0.717) is 55.4 Å². The number of hydrogen-bond donors (Lipinski definition) is 2. The maximum absolute atomic E-state index is 12.7. The van der Waals surface area contributed by atoms with Gasteiger partial charge in [0.25, 0.3) is 0 Å². The third-order valence-electron chi connectivity index (χ3n) is 5.83. The van der Waals surface area contributed by atoms with Gasteiger partial charge in [-0.05, 0) is 43.9 Å². The highest BCUT2D eigenvalue weighted by Crippen LogP contribution is 2.25. The summed E-state index contributed by atoms with van der Waals surface area (Å²) in [4.78, 5) is 44.7. The lowest BCUT2D eigenvalue weighted by Gasteiger charge is -2.33. The lowest BCUT2D eigenvalue weighted by molar-refractivity contribution is -0.126. The Bertz CT molecular complexity index is 1020. The molecule has 2 aromatic rings. The molecule has 34 heavy (non-hydrogen) atoms. The van der Waals surface area contributed by atoms with Crippen LogP contribution in [0.5, 0.6) is 0 Å². The number of rotatable bonds is 7. The number of amides is 4. The quantitative estimate of drug-likeness (QED) is 0.644. The Labute approximate surface area is 200 Å². The Hall–Kier alpha value is -3.36. The number of oxazole rings is 1. The summed E-state index contributed by atoms with van der Waals surface area (Å²) in [5, 5.41) is 5.87. The Kier molecular flexibility index (Phi) is 8.31. The van der Waals surface area contributed by atoms with E-state index in [1.807, 2.05) is 45.0 Å². The summed E-state index contributed by atoms with van der Waals surface area (Å²) >= 11 is 0. The first-order chi connectivity index (χ1) is 16.1. The average Bonchev–Trinajstić information content (AvgIpc) is 3.17. The topological polar surface area (TPSA) is 108 Å². The van der Waals surface area contributed by atoms with E-state index in [1.54, 1.807) is 23.9 Å². The van der Waals surface area contributed by atoms with Crippen molar-refractivity contribution in [2.75, 3.05) is 32.5 Å². The lowest BCUT2D eigenvalue weighted by Crippen LogP contribution is -2.46. The molecule has 1 fully saturated rings. The molecule has 0 radical (unpaired) electrons. The lowest BCUT2D eigenvalue weighted by atomic mass is 9.96. The number of aromatic nitrogens is 1. The number of aryl methyl sites for hydroxylation is 1. The molecule has 9 nitrogen and oxygen atoms in total. The highest BCUT2D eigenvalue weighted by molar-refractivity contribution is 5.91. The van der Waals surface area contributed by atoms with Crippen LogP contribution < -0.4 is 10.6 Å². The van der Waals surface area contributed by atoms with Crippen LogP contribution in [0.4, 0.5) is 10.5 Å². The van der Waals surface area contributed by atoms with Gasteiger partial charge in [0, 0.05) is 50.8 Å². The number of piperidine rings is 1. The van der Waals surface area contributed by atoms with Crippen LogP contribution >= 0.6 is 0 Å². The van der Waals surface area contributed by atoms with E-state index in [0.717, 1.165) is 5.56 Å². The molecule has 4 amide bonds. The van der Waals surface area contributed by atoms with Crippen molar-refractivity contribution in [3.8, 4) is 11.5 Å². The van der Waals surface area contributed by atoms with Crippen LogP contribution in [0.25, 0.3) is 11.5 Å². The second-order valence-electron chi connectivity index (χ2n) is 9.40. The van der Waals surface area contributed by atoms with Gasteiger partial charge >= 0.3 is 6.03 Å². The predicted molar refractivity (Wildman–Crippen MR) is 130 cm³/mol. The van der Waals surface area contributed by atoms with Crippen LogP contribution in [0, 0.1) is 18.8 Å². The number of hydrogen-bond acceptors (Lipinski definition) is 5. The highest BCUT2D eigenvalue weighted by atomic mass is 16.4. The summed E-state index contributed by atoms with van der Waals surface area (Å²) in [7, 11) is 3.46. The van der Waals surface area contributed by atoms with Gasteiger partial charge in [0.05, 0.1) is 6.54 Å². The van der Waals surface area contributed by atoms with Crippen molar-refractivity contribution in [2.24, 2.45) is 11.8 Å². The van der Waals surface area contributed by atoms with Crippen molar-refractivity contribution in [2.45, 2.75) is 46.6 Å². The summed E-state index contributed by atoms with van der Waals surface area (Å²) in [6.07, 6.45) is 1.74. The zero-order valence-corrected chi connectivity index (χ0v) is 20.7. The van der Waals surface area contributed by atoms with Gasteiger partial charge in [0.15, 0.2) is 0 Å². The minimum absolute atomic E-state index is 0.0202. The van der Waals surface area contributed by atoms with E-state index in [-0.39, 0.29) is 36.2 Å². The van der Waals surface area contributed by atoms with E-state index in [1.165, 1.54) is 0 Å². The molecular weight excluding hydrogens is 434 g/mol. The summed E-state index contributed by atoms with van der Waals surface area (Å²) in [5.74, 6) is 1.17. The number of likely N-dealkylation sites (tertiary alicyclic amines) is 1. The number of anilines is 1. The molecule has 1 aliphatic rings. The molecule has 1 aromatic heterocycles. The number of nitrogens with zero attached hydrogens (tertiary/aromatic N) is 3. The molecule has 3 rings (SSSR count). The fourth-order valence-corrected chi connectivity index (χ4v) is 3.96. The zero-order valence-electron chi connectivity index (χ0n) is 20.7. The third kappa shape index (κ3) is 6.59. The first kappa shape index (κ1) is 25.3. The summed E-state index contributed by atoms with van der Waals surface area (Å²) in [6, 6.07) is 7.35. The number of urea groups is 1. The minimum atomic E-state index is -0.121. The van der Waals surface area contributed by atoms with E-state index in [9.17, 15) is 14.4 Å². The first-order valence-electron chi connectivity index (χ1n) is 11.7. The fraction of sp³-hybridized carbons (Fsp3) is 0.520. The highest BCUT2D eigenvalue weighted by Gasteiger charge is 2.28. The van der Waals surface area contributed by atoms with Gasteiger partial charge in [-0.25, -0.2) is 9.78 Å². The van der Waals surface area contributed by atoms with Crippen molar-refractivity contribution >= 4 is 23.5 Å². The molecule has 2 N–H and O–H groups in total. The number of carbonyl (C=O) groups excluding carboxylic acids is 3. The van der Waals surface area contributed by atoms with Gasteiger partial charge in [-0.15, -0.1) is 0 Å². The second-order valence-corrected chi connectivity index (χ2v) is 9.40. The Morgan fingerprint density at radius 1 is 1.21 bits per heavy atom. The van der Waals surface area contributed by atoms with Crippen molar-refractivity contribution in [1.29, 1.82) is 0 Å². The van der Waals surface area contributed by atoms with E-state index in [2.05, 4.69) is 15.6 Å². The standard InChI is InChI=1S/C25H35N5O4/c1-16(2)13-22(31)27-20-8-6-7-19(14-20)24-28-21(17(3)34-24)15-26-23(32)18-9-11-30(12-10-18)25(33)29(4)5/h6-8,14,16,18H,9-13,15H2,1-5H3,(H,26,32)(H,27,31). The zero-order chi connectivity index (χ0) is 24.8. The van der Waals surface area contributed by atoms with Gasteiger partial charge in [-0.1, -0.05) is 19.9 Å². The van der Waals surface area contributed by atoms with Gasteiger partial charge in [0.1, 0.15) is 11.5 Å². The molecule has 184 valence electrons. The number of benzene rings is 1. The molecule has 1 aliphatic heterocycles. The summed E-state index contributed by atoms with van der Waals surface area (Å²) in [5.41, 5.74) is 2.10. The van der Waals surface area contributed by atoms with Crippen LogP contribution in [0.3, 0.4) is 0 Å². The Morgan fingerprint density at radius 2 is 1.91 bits per heavy atom. The molecule has 0 spiro atoms. The molecule has 0 unspecified atom stereocenters. The molecule has 0 saturated carbocycles. The Morgan fingerprint density at radius 3 is 2.56 bits per heavy atom. The van der Waals surface area contributed by atoms with Crippen LogP contribution in [0.2, 0.25) is 0 Å². The van der Waals surface area contributed by atoms with Crippen LogP contribution in [0.15, 0.2) is 28.7 Å². The van der Waals surface area contributed by atoms with E-state index >= 15 is 0 Å². The van der Waals surface area contributed by atoms with Crippen molar-refractivity contribution in [3.05, 3.63) is 35.7 Å². The Balaban J connectivity index is 1.57. The van der Waals surface area contributed by atoms with E-state index < -0.39 is 0 Å². The summed E-state index contributed by atoms with van der Waals surface area (Å²) in [6.45, 7) is 7.24. The van der Waals surface area contributed by atoms with Crippen molar-refractivity contribution in [3.63, 3.8) is 0 Å². The largest absolute Gasteiger partial charge is 0.441 e. The molecule has 0 atom stereocenters. The monoisotopic (exact) mass is 469 g/mol. The molecule has 2 heterocycles. The van der Waals surface area contributed by atoms with Crippen LogP contribution in [-0.4, -0.2) is 59.8 Å². The molecular formula is C25H35N5O4. The maximum atomic E-state index is 12.7. The second kappa shape index (κ2) is 11.2. The average molecular weight is 470 g/mol. The minimum Gasteiger partial charge on any atom is -0.441 e. The van der Waals surface area contributed by atoms with Crippen LogP contribution in [-0.2, 0) is 16.1 Å². The van der Waals surface area contributed by atoms with Gasteiger partial charge in [-0.2, -0.15) is 0 Å². The number of nitrogens with one attached hydrogen (secondary N) is 2. The van der Waals surface area contributed by atoms with Gasteiger partial charge in [0.2, 0.25) is 17.7 Å². The van der Waals surface area contributed by atoms with Crippen molar-refractivity contribution in [1.82, 2.24) is 20.1 Å². The van der Waals surface area contributed by atoms with E-state index in [4.69, 9.17) is 4.42 Å². The molecule has 1 saturated heterocycles. The van der Waals surface area contributed by atoms with Crippen molar-refractivity contribution < 1.29 is 18.8 Å². The molecule has 1 aromatic carbocycles. The number of carbonyl (C=O) groups is 3.